The number of nitrogens with zero attached hydrogens (tertiary/aromatic N) is 1. The summed E-state index contributed by atoms with van der Waals surface area (Å²) >= 11 is 6.90. The fourth-order valence-electron chi connectivity index (χ4n) is 1.81. The summed E-state index contributed by atoms with van der Waals surface area (Å²) in [4.78, 5) is 14.3. The van der Waals surface area contributed by atoms with Gasteiger partial charge >= 0.3 is 0 Å². The Kier molecular flexibility index (Phi) is 3.97. The fourth-order valence-corrected chi connectivity index (χ4v) is 4.04. The van der Waals surface area contributed by atoms with Crippen molar-refractivity contribution in [3.8, 4) is 0 Å². The maximum atomic E-state index is 12.3. The first-order valence-corrected chi connectivity index (χ1v) is 7.98. The zero-order chi connectivity index (χ0) is 11.7. The van der Waals surface area contributed by atoms with Crippen molar-refractivity contribution in [2.45, 2.75) is 25.1 Å². The molecule has 1 amide bonds. The van der Waals surface area contributed by atoms with Crippen molar-refractivity contribution in [3.63, 3.8) is 0 Å². The molecule has 0 radical (unpaired) electrons. The number of carbonyl (C=O) groups excluding carboxylic acids is 1. The molecule has 2 unspecified atom stereocenters. The first-order valence-electron chi connectivity index (χ1n) is 5.26. The second kappa shape index (κ2) is 5.10. The molecule has 16 heavy (non-hydrogen) atoms. The van der Waals surface area contributed by atoms with Crippen LogP contribution in [0, 0.1) is 0 Å². The van der Waals surface area contributed by atoms with Gasteiger partial charge in [-0.3, -0.25) is 4.79 Å². The molecule has 0 N–H and O–H groups in total. The number of carbonyl (C=O) groups is 1. The van der Waals surface area contributed by atoms with Crippen LogP contribution < -0.4 is 0 Å². The Bertz CT molecular complexity index is 393. The summed E-state index contributed by atoms with van der Waals surface area (Å²) in [6, 6.07) is 2.23. The topological polar surface area (TPSA) is 20.3 Å². The van der Waals surface area contributed by atoms with Crippen LogP contribution in [-0.2, 0) is 0 Å². The van der Waals surface area contributed by atoms with E-state index >= 15 is 0 Å². The van der Waals surface area contributed by atoms with Crippen LogP contribution in [0.15, 0.2) is 15.2 Å². The maximum Gasteiger partial charge on any atom is 0.255 e. The van der Waals surface area contributed by atoms with Gasteiger partial charge < -0.3 is 4.90 Å². The van der Waals surface area contributed by atoms with E-state index in [0.29, 0.717) is 11.3 Å². The smallest absolute Gasteiger partial charge is 0.255 e. The van der Waals surface area contributed by atoms with E-state index in [2.05, 4.69) is 29.8 Å². The SMILES string of the molecule is CC1SCCN(C(=O)c2csc(Br)c2)C1C. The summed E-state index contributed by atoms with van der Waals surface area (Å²) in [6.45, 7) is 5.19. The van der Waals surface area contributed by atoms with Crippen molar-refractivity contribution < 1.29 is 4.79 Å². The van der Waals surface area contributed by atoms with Crippen molar-refractivity contribution >= 4 is 44.9 Å². The average molecular weight is 320 g/mol. The van der Waals surface area contributed by atoms with Crippen molar-refractivity contribution in [2.24, 2.45) is 0 Å². The highest BCUT2D eigenvalue weighted by Crippen LogP contribution is 2.27. The predicted molar refractivity (Wildman–Crippen MR) is 74.4 cm³/mol. The molecule has 1 aliphatic heterocycles. The summed E-state index contributed by atoms with van der Waals surface area (Å²) < 4.78 is 1.02. The number of rotatable bonds is 1. The standard InChI is InChI=1S/C11H14BrNOS2/c1-7-8(2)15-4-3-13(7)11(14)9-5-10(12)16-6-9/h5-8H,3-4H2,1-2H3. The van der Waals surface area contributed by atoms with Gasteiger partial charge in [0.1, 0.15) is 0 Å². The number of halogens is 1. The van der Waals surface area contributed by atoms with Gasteiger partial charge in [-0.05, 0) is 28.9 Å². The van der Waals surface area contributed by atoms with Crippen LogP contribution in [0.3, 0.4) is 0 Å². The van der Waals surface area contributed by atoms with Gasteiger partial charge in [0.05, 0.1) is 9.35 Å². The van der Waals surface area contributed by atoms with Crippen molar-refractivity contribution in [1.29, 1.82) is 0 Å². The summed E-state index contributed by atoms with van der Waals surface area (Å²) in [7, 11) is 0. The Hall–Kier alpha value is -0.000000000000000111. The second-order valence-corrected chi connectivity index (χ2v) is 7.73. The van der Waals surface area contributed by atoms with E-state index in [4.69, 9.17) is 0 Å². The summed E-state index contributed by atoms with van der Waals surface area (Å²) in [5, 5.41) is 2.45. The van der Waals surface area contributed by atoms with E-state index in [1.165, 1.54) is 0 Å². The van der Waals surface area contributed by atoms with E-state index in [0.717, 1.165) is 21.6 Å². The largest absolute Gasteiger partial charge is 0.334 e. The van der Waals surface area contributed by atoms with Gasteiger partial charge in [-0.1, -0.05) is 6.92 Å². The van der Waals surface area contributed by atoms with Crippen LogP contribution >= 0.6 is 39.0 Å². The Balaban J connectivity index is 2.15. The minimum Gasteiger partial charge on any atom is -0.334 e. The maximum absolute atomic E-state index is 12.3. The van der Waals surface area contributed by atoms with E-state index in [1.54, 1.807) is 11.3 Å². The average Bonchev–Trinajstić information content (AvgIpc) is 2.68. The summed E-state index contributed by atoms with van der Waals surface area (Å²) in [6.07, 6.45) is 0. The van der Waals surface area contributed by atoms with Crippen LogP contribution in [0.4, 0.5) is 0 Å². The number of thiophene rings is 1. The second-order valence-electron chi connectivity index (χ2n) is 3.95. The van der Waals surface area contributed by atoms with Gasteiger partial charge in [0.2, 0.25) is 0 Å². The van der Waals surface area contributed by atoms with Crippen molar-refractivity contribution in [2.75, 3.05) is 12.3 Å². The number of hydrogen-bond acceptors (Lipinski definition) is 3. The predicted octanol–water partition coefficient (Wildman–Crippen LogP) is 3.48. The zero-order valence-electron chi connectivity index (χ0n) is 9.27. The molecular formula is C11H14BrNOS2. The van der Waals surface area contributed by atoms with Gasteiger partial charge in [-0.25, -0.2) is 0 Å². The summed E-state index contributed by atoms with van der Waals surface area (Å²) in [5.74, 6) is 1.21. The van der Waals surface area contributed by atoms with Crippen LogP contribution in [0.25, 0.3) is 0 Å². The van der Waals surface area contributed by atoms with E-state index in [9.17, 15) is 4.79 Å². The minimum atomic E-state index is 0.168. The van der Waals surface area contributed by atoms with Crippen molar-refractivity contribution in [3.05, 3.63) is 20.8 Å². The zero-order valence-corrected chi connectivity index (χ0v) is 12.5. The Morgan fingerprint density at radius 2 is 2.31 bits per heavy atom. The molecule has 1 aliphatic rings. The molecule has 0 saturated carbocycles. The third kappa shape index (κ3) is 2.46. The molecule has 1 fully saturated rings. The lowest BCUT2D eigenvalue weighted by Gasteiger charge is -2.37. The number of hydrogen-bond donors (Lipinski definition) is 0. The molecule has 88 valence electrons. The number of thioether (sulfide) groups is 1. The highest BCUT2D eigenvalue weighted by Gasteiger charge is 2.29. The van der Waals surface area contributed by atoms with Gasteiger partial charge in [0.15, 0.2) is 0 Å². The first-order chi connectivity index (χ1) is 7.59. The lowest BCUT2D eigenvalue weighted by Crippen LogP contribution is -2.47. The highest BCUT2D eigenvalue weighted by molar-refractivity contribution is 9.11. The van der Waals surface area contributed by atoms with Gasteiger partial charge in [-0.15, -0.1) is 11.3 Å². The molecule has 0 spiro atoms. The molecule has 1 aromatic rings. The highest BCUT2D eigenvalue weighted by atomic mass is 79.9. The molecule has 1 aromatic heterocycles. The van der Waals surface area contributed by atoms with Gasteiger partial charge in [-0.2, -0.15) is 11.8 Å². The molecule has 2 rings (SSSR count). The van der Waals surface area contributed by atoms with Crippen LogP contribution in [0.1, 0.15) is 24.2 Å². The van der Waals surface area contributed by atoms with Gasteiger partial charge in [0, 0.05) is 29.0 Å². The molecule has 2 atom stereocenters. The Morgan fingerprint density at radius 1 is 1.56 bits per heavy atom. The normalized spacial score (nSPS) is 25.8. The van der Waals surface area contributed by atoms with E-state index in [1.807, 2.05) is 28.1 Å². The van der Waals surface area contributed by atoms with E-state index < -0.39 is 0 Å². The molecule has 0 aliphatic carbocycles. The molecular weight excluding hydrogens is 306 g/mol. The molecule has 1 saturated heterocycles. The lowest BCUT2D eigenvalue weighted by molar-refractivity contribution is 0.0698. The number of amides is 1. The molecule has 5 heteroatoms. The van der Waals surface area contributed by atoms with Crippen LogP contribution in [0.2, 0.25) is 0 Å². The van der Waals surface area contributed by atoms with E-state index in [-0.39, 0.29) is 5.91 Å². The molecule has 2 heterocycles. The third-order valence-electron chi connectivity index (χ3n) is 2.96. The first kappa shape index (κ1) is 12.5. The Morgan fingerprint density at radius 3 is 2.94 bits per heavy atom. The van der Waals surface area contributed by atoms with Crippen LogP contribution in [-0.4, -0.2) is 34.4 Å². The summed E-state index contributed by atoms with van der Waals surface area (Å²) in [5.41, 5.74) is 0.808. The molecule has 2 nitrogen and oxygen atoms in total. The fraction of sp³-hybridized carbons (Fsp3) is 0.545. The Labute approximate surface area is 113 Å². The minimum absolute atomic E-state index is 0.168. The quantitative estimate of drug-likeness (QED) is 0.790. The third-order valence-corrected chi connectivity index (χ3v) is 5.80. The van der Waals surface area contributed by atoms with Gasteiger partial charge in [0.25, 0.3) is 5.91 Å². The van der Waals surface area contributed by atoms with Crippen LogP contribution in [0.5, 0.6) is 0 Å². The molecule has 0 bridgehead atoms. The van der Waals surface area contributed by atoms with Crippen molar-refractivity contribution in [1.82, 2.24) is 4.90 Å². The molecule has 0 aromatic carbocycles. The monoisotopic (exact) mass is 319 g/mol. The lowest BCUT2D eigenvalue weighted by atomic mass is 10.1.